The first-order valence-electron chi connectivity index (χ1n) is 24.3. The van der Waals surface area contributed by atoms with Crippen molar-refractivity contribution in [2.24, 2.45) is 0 Å². The first-order valence-corrected chi connectivity index (χ1v) is 26.3. The average molecular weight is 907 g/mol. The standard InChI is InChI=1S/C67H46N2Si/c1-5-23-47(24-6-1)67(59-37-17-13-33-54(59)55-34-14-18-38-60(55)67)48-43-44-63-58(45-48)56-35-15-19-39-61(56)69(63)65-42-22-41-64-66(65)57-36-16-20-40-62(57)68(64)49-25-21-32-53(46-49)70(50-26-7-2-8-27-50,51-28-9-3-10-29-51)52-30-11-4-12-31-52/h1-46H. The van der Waals surface area contributed by atoms with Crippen molar-refractivity contribution >= 4 is 72.4 Å². The third-order valence-corrected chi connectivity index (χ3v) is 20.1. The van der Waals surface area contributed by atoms with Crippen molar-refractivity contribution in [1.82, 2.24) is 9.13 Å². The van der Waals surface area contributed by atoms with Crippen LogP contribution in [-0.2, 0) is 5.41 Å². The van der Waals surface area contributed by atoms with Crippen LogP contribution in [0.2, 0.25) is 0 Å². The Morgan fingerprint density at radius 1 is 0.286 bits per heavy atom. The van der Waals surface area contributed by atoms with Gasteiger partial charge in [0.15, 0.2) is 8.07 Å². The molecule has 1 aliphatic carbocycles. The molecule has 0 spiro atoms. The molecule has 11 aromatic carbocycles. The fraction of sp³-hybridized carbons (Fsp3) is 0.0149. The molecular weight excluding hydrogens is 861 g/mol. The highest BCUT2D eigenvalue weighted by atomic mass is 28.3. The molecule has 2 aromatic heterocycles. The minimum atomic E-state index is -2.79. The maximum Gasteiger partial charge on any atom is 0.179 e. The van der Waals surface area contributed by atoms with E-state index in [1.807, 2.05) is 0 Å². The Morgan fingerprint density at radius 3 is 1.39 bits per heavy atom. The van der Waals surface area contributed by atoms with Crippen molar-refractivity contribution in [3.63, 3.8) is 0 Å². The molecule has 2 heterocycles. The van der Waals surface area contributed by atoms with Gasteiger partial charge in [-0.25, -0.2) is 0 Å². The van der Waals surface area contributed by atoms with Gasteiger partial charge in [-0.2, -0.15) is 0 Å². The van der Waals surface area contributed by atoms with Crippen molar-refractivity contribution in [3.8, 4) is 22.5 Å². The molecule has 0 unspecified atom stereocenters. The second-order valence-corrected chi connectivity index (χ2v) is 22.5. The Morgan fingerprint density at radius 2 is 0.757 bits per heavy atom. The molecule has 14 rings (SSSR count). The first-order chi connectivity index (χ1) is 34.8. The summed E-state index contributed by atoms with van der Waals surface area (Å²) in [6.07, 6.45) is 0. The summed E-state index contributed by atoms with van der Waals surface area (Å²) in [5.41, 5.74) is 14.3. The number of para-hydroxylation sites is 2. The van der Waals surface area contributed by atoms with E-state index in [0.29, 0.717) is 0 Å². The van der Waals surface area contributed by atoms with Crippen LogP contribution in [0.3, 0.4) is 0 Å². The zero-order valence-electron chi connectivity index (χ0n) is 38.5. The van der Waals surface area contributed by atoms with Crippen molar-refractivity contribution in [2.75, 3.05) is 0 Å². The van der Waals surface area contributed by atoms with E-state index in [2.05, 4.69) is 288 Å². The van der Waals surface area contributed by atoms with E-state index >= 15 is 0 Å². The number of nitrogens with zero attached hydrogens (tertiary/aromatic N) is 2. The molecule has 0 aliphatic heterocycles. The van der Waals surface area contributed by atoms with Gasteiger partial charge in [0.2, 0.25) is 0 Å². The molecule has 0 fully saturated rings. The van der Waals surface area contributed by atoms with Gasteiger partial charge < -0.3 is 9.13 Å². The number of benzene rings is 11. The van der Waals surface area contributed by atoms with E-state index in [1.54, 1.807) is 0 Å². The number of fused-ring (bicyclic) bond motifs is 9. The van der Waals surface area contributed by atoms with Crippen molar-refractivity contribution in [3.05, 3.63) is 301 Å². The SMILES string of the molecule is c1ccc(C2(c3ccc4c(c3)c3ccccc3n4-c3cccc4c3c3ccccc3n4-c3cccc([Si](c4ccccc4)(c4ccccc4)c4ccccc4)c3)c3ccccc3-c3ccccc32)cc1. The zero-order chi connectivity index (χ0) is 46.2. The molecule has 1 aliphatic rings. The average Bonchev–Trinajstić information content (AvgIpc) is 4.07. The second kappa shape index (κ2) is 15.9. The molecular formula is C67H46N2Si. The lowest BCUT2D eigenvalue weighted by Gasteiger charge is -2.34. The summed E-state index contributed by atoms with van der Waals surface area (Å²) in [6, 6.07) is 104. The quantitative estimate of drug-likeness (QED) is 0.106. The summed E-state index contributed by atoms with van der Waals surface area (Å²) in [7, 11) is -2.79. The molecule has 0 N–H and O–H groups in total. The van der Waals surface area contributed by atoms with E-state index < -0.39 is 13.5 Å². The van der Waals surface area contributed by atoms with Gasteiger partial charge in [-0.15, -0.1) is 0 Å². The molecule has 0 amide bonds. The Kier molecular flexibility index (Phi) is 9.17. The van der Waals surface area contributed by atoms with Crippen LogP contribution in [0, 0.1) is 0 Å². The molecule has 70 heavy (non-hydrogen) atoms. The molecule has 0 saturated heterocycles. The predicted molar refractivity (Wildman–Crippen MR) is 296 cm³/mol. The third kappa shape index (κ3) is 5.67. The zero-order valence-corrected chi connectivity index (χ0v) is 39.5. The van der Waals surface area contributed by atoms with E-state index in [0.717, 1.165) is 5.69 Å². The fourth-order valence-electron chi connectivity index (χ4n) is 12.6. The van der Waals surface area contributed by atoms with Gasteiger partial charge in [0.1, 0.15) is 0 Å². The Bertz CT molecular complexity index is 3970. The van der Waals surface area contributed by atoms with Gasteiger partial charge in [-0.05, 0) is 103 Å². The summed E-state index contributed by atoms with van der Waals surface area (Å²) >= 11 is 0. The van der Waals surface area contributed by atoms with E-state index in [1.165, 1.54) is 103 Å². The molecule has 0 bridgehead atoms. The first kappa shape index (κ1) is 40.3. The Labute approximate surface area is 408 Å². The van der Waals surface area contributed by atoms with Gasteiger partial charge >= 0.3 is 0 Å². The van der Waals surface area contributed by atoms with Crippen LogP contribution in [0.15, 0.2) is 279 Å². The summed E-state index contributed by atoms with van der Waals surface area (Å²) in [6.45, 7) is 0. The Hall–Kier alpha value is -8.76. The van der Waals surface area contributed by atoms with Gasteiger partial charge in [-0.1, -0.05) is 231 Å². The summed E-state index contributed by atoms with van der Waals surface area (Å²) in [4.78, 5) is 0. The molecule has 328 valence electrons. The van der Waals surface area contributed by atoms with Crippen LogP contribution in [0.25, 0.3) is 66.1 Å². The summed E-state index contributed by atoms with van der Waals surface area (Å²) < 4.78 is 5.02. The third-order valence-electron chi connectivity index (χ3n) is 15.3. The smallest absolute Gasteiger partial charge is 0.179 e. The number of aromatic nitrogens is 2. The topological polar surface area (TPSA) is 9.86 Å². The highest BCUT2D eigenvalue weighted by molar-refractivity contribution is 7.19. The number of hydrogen-bond donors (Lipinski definition) is 0. The van der Waals surface area contributed by atoms with E-state index in [9.17, 15) is 0 Å². The van der Waals surface area contributed by atoms with Gasteiger partial charge in [-0.3, -0.25) is 0 Å². The molecule has 0 radical (unpaired) electrons. The van der Waals surface area contributed by atoms with Crippen LogP contribution in [0.5, 0.6) is 0 Å². The van der Waals surface area contributed by atoms with Crippen LogP contribution in [0.1, 0.15) is 22.3 Å². The Balaban J connectivity index is 1.01. The predicted octanol–water partition coefficient (Wildman–Crippen LogP) is 13.6. The summed E-state index contributed by atoms with van der Waals surface area (Å²) in [5, 5.41) is 10.4. The molecule has 3 heteroatoms. The highest BCUT2D eigenvalue weighted by Gasteiger charge is 2.46. The molecule has 0 atom stereocenters. The van der Waals surface area contributed by atoms with Crippen LogP contribution >= 0.6 is 0 Å². The second-order valence-electron chi connectivity index (χ2n) is 18.7. The van der Waals surface area contributed by atoms with E-state index in [4.69, 9.17) is 0 Å². The monoisotopic (exact) mass is 906 g/mol. The normalized spacial score (nSPS) is 13.0. The van der Waals surface area contributed by atoms with Crippen molar-refractivity contribution in [2.45, 2.75) is 5.41 Å². The minimum absolute atomic E-state index is 0.490. The molecule has 0 saturated carbocycles. The van der Waals surface area contributed by atoms with Crippen molar-refractivity contribution in [1.29, 1.82) is 0 Å². The van der Waals surface area contributed by atoms with Gasteiger partial charge in [0.25, 0.3) is 0 Å². The highest BCUT2D eigenvalue weighted by Crippen LogP contribution is 2.56. The number of rotatable bonds is 8. The maximum absolute atomic E-state index is 2.79. The minimum Gasteiger partial charge on any atom is -0.309 e. The molecule has 2 nitrogen and oxygen atoms in total. The van der Waals surface area contributed by atoms with Crippen LogP contribution < -0.4 is 20.7 Å². The fourth-order valence-corrected chi connectivity index (χ4v) is 17.4. The van der Waals surface area contributed by atoms with Crippen molar-refractivity contribution < 1.29 is 0 Å². The lowest BCUT2D eigenvalue weighted by atomic mass is 9.67. The van der Waals surface area contributed by atoms with Gasteiger partial charge in [0, 0.05) is 27.2 Å². The summed E-state index contributed by atoms with van der Waals surface area (Å²) in [5.74, 6) is 0. The number of hydrogen-bond acceptors (Lipinski definition) is 0. The van der Waals surface area contributed by atoms with E-state index in [-0.39, 0.29) is 0 Å². The van der Waals surface area contributed by atoms with Crippen LogP contribution in [-0.4, -0.2) is 17.2 Å². The largest absolute Gasteiger partial charge is 0.309 e. The van der Waals surface area contributed by atoms with Gasteiger partial charge in [0.05, 0.1) is 33.2 Å². The lowest BCUT2D eigenvalue weighted by Crippen LogP contribution is -2.74. The molecule has 13 aromatic rings. The van der Waals surface area contributed by atoms with Crippen LogP contribution in [0.4, 0.5) is 0 Å². The lowest BCUT2D eigenvalue weighted by molar-refractivity contribution is 0.770. The maximum atomic E-state index is 2.52.